The first kappa shape index (κ1) is 17.7. The van der Waals surface area contributed by atoms with E-state index in [1.807, 2.05) is 0 Å². The van der Waals surface area contributed by atoms with Crippen LogP contribution in [-0.4, -0.2) is 52.6 Å². The number of nitrogens with one attached hydrogen (secondary N) is 2. The average Bonchev–Trinajstić information content (AvgIpc) is 2.67. The van der Waals surface area contributed by atoms with Crippen molar-refractivity contribution >= 4 is 22.8 Å². The minimum atomic E-state index is -1.03. The third-order valence-electron chi connectivity index (χ3n) is 5.58. The van der Waals surface area contributed by atoms with Gasteiger partial charge in [-0.1, -0.05) is 0 Å². The van der Waals surface area contributed by atoms with Crippen LogP contribution in [-0.2, 0) is 4.74 Å². The van der Waals surface area contributed by atoms with Gasteiger partial charge in [0, 0.05) is 12.6 Å². The van der Waals surface area contributed by atoms with Gasteiger partial charge in [0.25, 0.3) is 0 Å². The van der Waals surface area contributed by atoms with E-state index in [0.29, 0.717) is 55.7 Å². The number of fused-ring (bicyclic) bond motifs is 4. The first-order chi connectivity index (χ1) is 12.9. The Morgan fingerprint density at radius 2 is 2.15 bits per heavy atom. The highest BCUT2D eigenvalue weighted by atomic mass is 19.1. The number of aromatic nitrogens is 2. The number of amides is 1. The predicted octanol–water partition coefficient (Wildman–Crippen LogP) is 2.54. The Kier molecular flexibility index (Phi) is 4.26. The van der Waals surface area contributed by atoms with E-state index in [-0.39, 0.29) is 5.69 Å². The zero-order valence-corrected chi connectivity index (χ0v) is 14.9. The molecule has 1 amide bonds. The molecule has 0 spiro atoms. The molecule has 144 valence electrons. The fourth-order valence-corrected chi connectivity index (χ4v) is 3.94. The standard InChI is InChI=1S/C18H21FN4O4/c1-26-13-3-2-12-15(22-13)14(11(19)8-20-12)21-9-18-6-4-17(5-7-18,10-27-18)23-16(24)25/h2-3,8,23H,4-7,9-10H2,1H3,(H,20,21)(H,24,25). The lowest BCUT2D eigenvalue weighted by atomic mass is 9.71. The molecule has 5 rings (SSSR count). The molecular formula is C18H21FN4O4. The normalized spacial score (nSPS) is 26.7. The lowest BCUT2D eigenvalue weighted by Crippen LogP contribution is -2.64. The number of halogens is 1. The van der Waals surface area contributed by atoms with Gasteiger partial charge in [-0.3, -0.25) is 4.98 Å². The molecular weight excluding hydrogens is 355 g/mol. The van der Waals surface area contributed by atoms with Crippen molar-refractivity contribution in [2.45, 2.75) is 36.8 Å². The molecule has 2 saturated heterocycles. The van der Waals surface area contributed by atoms with E-state index < -0.39 is 23.1 Å². The van der Waals surface area contributed by atoms with Crippen LogP contribution in [0.3, 0.4) is 0 Å². The Morgan fingerprint density at radius 1 is 1.37 bits per heavy atom. The second-order valence-corrected chi connectivity index (χ2v) is 7.24. The molecule has 2 aromatic rings. The van der Waals surface area contributed by atoms with Gasteiger partial charge in [-0.05, 0) is 31.7 Å². The minimum Gasteiger partial charge on any atom is -0.481 e. The molecule has 0 radical (unpaired) electrons. The maximum Gasteiger partial charge on any atom is 0.405 e. The summed E-state index contributed by atoms with van der Waals surface area (Å²) in [5.41, 5.74) is 0.289. The molecule has 1 aliphatic carbocycles. The van der Waals surface area contributed by atoms with Crippen LogP contribution in [0.25, 0.3) is 11.0 Å². The number of anilines is 1. The van der Waals surface area contributed by atoms with E-state index in [1.165, 1.54) is 13.3 Å². The summed E-state index contributed by atoms with van der Waals surface area (Å²) in [5, 5.41) is 14.8. The topological polar surface area (TPSA) is 106 Å². The number of rotatable bonds is 5. The van der Waals surface area contributed by atoms with Crippen molar-refractivity contribution < 1.29 is 23.8 Å². The molecule has 2 bridgehead atoms. The number of nitrogens with zero attached hydrogens (tertiary/aromatic N) is 2. The van der Waals surface area contributed by atoms with Gasteiger partial charge in [0.15, 0.2) is 5.82 Å². The first-order valence-corrected chi connectivity index (χ1v) is 8.83. The summed E-state index contributed by atoms with van der Waals surface area (Å²) < 4.78 is 25.6. The molecule has 0 aromatic carbocycles. The lowest BCUT2D eigenvalue weighted by Gasteiger charge is -2.52. The monoisotopic (exact) mass is 376 g/mol. The highest BCUT2D eigenvalue weighted by molar-refractivity contribution is 5.88. The Hall–Kier alpha value is -2.68. The molecule has 0 atom stereocenters. The highest BCUT2D eigenvalue weighted by Crippen LogP contribution is 2.44. The summed E-state index contributed by atoms with van der Waals surface area (Å²) in [5.74, 6) is -0.111. The Bertz CT molecular complexity index is 867. The first-order valence-electron chi connectivity index (χ1n) is 8.83. The molecule has 3 N–H and O–H groups in total. The summed E-state index contributed by atoms with van der Waals surface area (Å²) in [6.07, 6.45) is 2.93. The van der Waals surface area contributed by atoms with E-state index in [9.17, 15) is 9.18 Å². The Morgan fingerprint density at radius 3 is 2.78 bits per heavy atom. The second kappa shape index (κ2) is 6.49. The van der Waals surface area contributed by atoms with Crippen LogP contribution in [0.1, 0.15) is 25.7 Å². The molecule has 1 saturated carbocycles. The molecule has 9 heteroatoms. The van der Waals surface area contributed by atoms with Gasteiger partial charge in [-0.15, -0.1) is 0 Å². The van der Waals surface area contributed by atoms with Gasteiger partial charge in [-0.2, -0.15) is 0 Å². The number of carbonyl (C=O) groups is 1. The fraction of sp³-hybridized carbons (Fsp3) is 0.500. The SMILES string of the molecule is COc1ccc2ncc(F)c(NCC34CCC(NC(=O)O)(CC3)CO4)c2n1. The van der Waals surface area contributed by atoms with Crippen LogP contribution >= 0.6 is 0 Å². The molecule has 3 fully saturated rings. The quantitative estimate of drug-likeness (QED) is 0.736. The van der Waals surface area contributed by atoms with Gasteiger partial charge < -0.3 is 25.2 Å². The minimum absolute atomic E-state index is 0.267. The number of hydrogen-bond acceptors (Lipinski definition) is 6. The highest BCUT2D eigenvalue weighted by Gasteiger charge is 2.50. The van der Waals surface area contributed by atoms with Crippen LogP contribution in [0.2, 0.25) is 0 Å². The van der Waals surface area contributed by atoms with Gasteiger partial charge in [0.2, 0.25) is 5.88 Å². The van der Waals surface area contributed by atoms with Crippen LogP contribution < -0.4 is 15.4 Å². The average molecular weight is 376 g/mol. The zero-order chi connectivity index (χ0) is 19.1. The van der Waals surface area contributed by atoms with Crippen LogP contribution in [0, 0.1) is 5.82 Å². The Labute approximate surface area is 155 Å². The molecule has 2 aromatic heterocycles. The predicted molar refractivity (Wildman–Crippen MR) is 95.6 cm³/mol. The zero-order valence-electron chi connectivity index (χ0n) is 14.9. The van der Waals surface area contributed by atoms with Crippen molar-refractivity contribution in [3.8, 4) is 5.88 Å². The molecule has 2 aliphatic heterocycles. The smallest absolute Gasteiger partial charge is 0.405 e. The fourth-order valence-electron chi connectivity index (χ4n) is 3.94. The summed E-state index contributed by atoms with van der Waals surface area (Å²) in [6.45, 7) is 0.734. The van der Waals surface area contributed by atoms with Crippen molar-refractivity contribution in [2.24, 2.45) is 0 Å². The van der Waals surface area contributed by atoms with Crippen LogP contribution in [0.4, 0.5) is 14.9 Å². The van der Waals surface area contributed by atoms with Crippen LogP contribution in [0.15, 0.2) is 18.3 Å². The van der Waals surface area contributed by atoms with E-state index >= 15 is 0 Å². The number of pyridine rings is 2. The molecule has 4 heterocycles. The van der Waals surface area contributed by atoms with Gasteiger partial charge >= 0.3 is 6.09 Å². The number of hydrogen-bond donors (Lipinski definition) is 3. The molecule has 0 unspecified atom stereocenters. The van der Waals surface area contributed by atoms with Crippen molar-refractivity contribution in [1.82, 2.24) is 15.3 Å². The summed E-state index contributed by atoms with van der Waals surface area (Å²) in [4.78, 5) is 19.4. The van der Waals surface area contributed by atoms with Crippen molar-refractivity contribution in [3.63, 3.8) is 0 Å². The summed E-state index contributed by atoms with van der Waals surface area (Å²) >= 11 is 0. The van der Waals surface area contributed by atoms with E-state index in [1.54, 1.807) is 12.1 Å². The third-order valence-corrected chi connectivity index (χ3v) is 5.58. The van der Waals surface area contributed by atoms with E-state index in [0.717, 1.165) is 0 Å². The molecule has 3 aliphatic rings. The number of carboxylic acid groups (broad SMARTS) is 1. The van der Waals surface area contributed by atoms with Gasteiger partial charge in [-0.25, -0.2) is 14.2 Å². The van der Waals surface area contributed by atoms with Gasteiger partial charge in [0.05, 0.1) is 36.6 Å². The maximum atomic E-state index is 14.4. The number of methoxy groups -OCH3 is 1. The second-order valence-electron chi connectivity index (χ2n) is 7.24. The Balaban J connectivity index is 1.53. The summed E-state index contributed by atoms with van der Waals surface area (Å²) in [7, 11) is 1.50. The largest absolute Gasteiger partial charge is 0.481 e. The van der Waals surface area contributed by atoms with Crippen molar-refractivity contribution in [1.29, 1.82) is 0 Å². The van der Waals surface area contributed by atoms with E-state index in [4.69, 9.17) is 14.6 Å². The van der Waals surface area contributed by atoms with Crippen molar-refractivity contribution in [2.75, 3.05) is 25.6 Å². The van der Waals surface area contributed by atoms with Crippen LogP contribution in [0.5, 0.6) is 5.88 Å². The summed E-state index contributed by atoms with van der Waals surface area (Å²) in [6, 6.07) is 3.41. The lowest BCUT2D eigenvalue weighted by molar-refractivity contribution is -0.151. The molecule has 8 nitrogen and oxygen atoms in total. The van der Waals surface area contributed by atoms with E-state index in [2.05, 4.69) is 20.6 Å². The van der Waals surface area contributed by atoms with Gasteiger partial charge in [0.1, 0.15) is 11.2 Å². The molecule has 27 heavy (non-hydrogen) atoms. The number of ether oxygens (including phenoxy) is 2. The third kappa shape index (κ3) is 3.23. The maximum absolute atomic E-state index is 14.4. The van der Waals surface area contributed by atoms with Crippen molar-refractivity contribution in [3.05, 3.63) is 24.1 Å².